The topological polar surface area (TPSA) is 80.9 Å². The van der Waals surface area contributed by atoms with Crippen molar-refractivity contribution in [2.24, 2.45) is 0 Å². The maximum atomic E-state index is 12.4. The Morgan fingerprint density at radius 1 is 1.12 bits per heavy atom. The first-order valence-corrected chi connectivity index (χ1v) is 8.30. The Kier molecular flexibility index (Phi) is 4.16. The second-order valence-electron chi connectivity index (χ2n) is 6.03. The summed E-state index contributed by atoms with van der Waals surface area (Å²) < 4.78 is 3.62. The number of carbonyl (C=O) groups excluding carboxylic acids is 1. The molecule has 8 heteroatoms. The van der Waals surface area contributed by atoms with Crippen LogP contribution in [0.2, 0.25) is 0 Å². The molecule has 2 amide bonds. The van der Waals surface area contributed by atoms with Gasteiger partial charge in [-0.25, -0.2) is 19.1 Å². The molecular formula is C17H19N7O. The van der Waals surface area contributed by atoms with E-state index in [0.717, 1.165) is 18.5 Å². The monoisotopic (exact) mass is 337 g/mol. The van der Waals surface area contributed by atoms with E-state index in [2.05, 4.69) is 20.5 Å². The van der Waals surface area contributed by atoms with Crippen LogP contribution in [0, 0.1) is 0 Å². The summed E-state index contributed by atoms with van der Waals surface area (Å²) in [5.74, 6) is 0. The van der Waals surface area contributed by atoms with Crippen LogP contribution < -0.4 is 5.32 Å². The summed E-state index contributed by atoms with van der Waals surface area (Å²) in [5, 5.41) is 11.4. The quantitative estimate of drug-likeness (QED) is 0.795. The Balaban J connectivity index is 1.34. The van der Waals surface area contributed by atoms with Gasteiger partial charge in [-0.15, -0.1) is 0 Å². The van der Waals surface area contributed by atoms with Gasteiger partial charge in [-0.3, -0.25) is 0 Å². The lowest BCUT2D eigenvalue weighted by molar-refractivity contribution is 0.180. The zero-order valence-corrected chi connectivity index (χ0v) is 13.7. The number of hydrogen-bond acceptors (Lipinski definition) is 4. The highest BCUT2D eigenvalue weighted by atomic mass is 16.2. The van der Waals surface area contributed by atoms with E-state index in [1.165, 1.54) is 0 Å². The number of nitrogens with zero attached hydrogens (tertiary/aromatic N) is 6. The molecule has 0 bridgehead atoms. The second-order valence-corrected chi connectivity index (χ2v) is 6.03. The molecule has 2 aromatic heterocycles. The number of benzene rings is 1. The van der Waals surface area contributed by atoms with Crippen LogP contribution in [-0.4, -0.2) is 48.6 Å². The summed E-state index contributed by atoms with van der Waals surface area (Å²) in [4.78, 5) is 18.3. The lowest BCUT2D eigenvalue weighted by Crippen LogP contribution is -2.41. The minimum absolute atomic E-state index is 0.0929. The highest BCUT2D eigenvalue weighted by molar-refractivity contribution is 5.89. The van der Waals surface area contributed by atoms with Gasteiger partial charge in [0.2, 0.25) is 0 Å². The predicted octanol–water partition coefficient (Wildman–Crippen LogP) is 2.33. The van der Waals surface area contributed by atoms with Gasteiger partial charge in [0.05, 0.1) is 29.8 Å². The molecule has 4 rings (SSSR count). The number of likely N-dealkylation sites (tertiary alicyclic amines) is 1. The number of para-hydroxylation sites is 1. The molecule has 3 aromatic rings. The van der Waals surface area contributed by atoms with Crippen LogP contribution >= 0.6 is 0 Å². The summed E-state index contributed by atoms with van der Waals surface area (Å²) in [6.45, 7) is 1.40. The van der Waals surface area contributed by atoms with Crippen LogP contribution in [0.5, 0.6) is 0 Å². The van der Waals surface area contributed by atoms with Crippen molar-refractivity contribution < 1.29 is 4.79 Å². The maximum Gasteiger partial charge on any atom is 0.321 e. The van der Waals surface area contributed by atoms with Crippen LogP contribution in [0.4, 0.5) is 10.5 Å². The molecule has 0 spiro atoms. The van der Waals surface area contributed by atoms with E-state index in [1.807, 2.05) is 46.1 Å². The fraction of sp³-hybridized carbons (Fsp3) is 0.294. The number of urea groups is 1. The highest BCUT2D eigenvalue weighted by Gasteiger charge is 2.24. The SMILES string of the molecule is O=C(Nc1cnn(-c2ccccc2)c1)N1CCC(n2cncn2)CC1. The molecule has 1 aromatic carbocycles. The molecule has 0 aliphatic carbocycles. The summed E-state index contributed by atoms with van der Waals surface area (Å²) >= 11 is 0. The summed E-state index contributed by atoms with van der Waals surface area (Å²) in [6.07, 6.45) is 8.50. The summed E-state index contributed by atoms with van der Waals surface area (Å²) in [6, 6.07) is 10.0. The number of piperidine rings is 1. The number of nitrogens with one attached hydrogen (secondary N) is 1. The first-order chi connectivity index (χ1) is 12.3. The Hall–Kier alpha value is -3.16. The molecule has 1 saturated heterocycles. The third-order valence-electron chi connectivity index (χ3n) is 4.42. The van der Waals surface area contributed by atoms with Crippen molar-refractivity contribution in [3.8, 4) is 5.69 Å². The Bertz CT molecular complexity index is 820. The molecule has 1 aliphatic heterocycles. The molecule has 25 heavy (non-hydrogen) atoms. The zero-order chi connectivity index (χ0) is 17.1. The molecule has 0 unspecified atom stereocenters. The number of rotatable bonds is 3. The van der Waals surface area contributed by atoms with E-state index in [1.54, 1.807) is 23.5 Å². The lowest BCUT2D eigenvalue weighted by atomic mass is 10.1. The minimum Gasteiger partial charge on any atom is -0.324 e. The average Bonchev–Trinajstić information content (AvgIpc) is 3.35. The van der Waals surface area contributed by atoms with Crippen molar-refractivity contribution in [2.75, 3.05) is 18.4 Å². The molecule has 1 fully saturated rings. The van der Waals surface area contributed by atoms with Gasteiger partial charge < -0.3 is 10.2 Å². The van der Waals surface area contributed by atoms with Gasteiger partial charge in [-0.05, 0) is 25.0 Å². The van der Waals surface area contributed by atoms with Crippen molar-refractivity contribution in [3.05, 3.63) is 55.4 Å². The first-order valence-electron chi connectivity index (χ1n) is 8.30. The minimum atomic E-state index is -0.0929. The van der Waals surface area contributed by atoms with Gasteiger partial charge in [0.25, 0.3) is 0 Å². The molecule has 0 radical (unpaired) electrons. The van der Waals surface area contributed by atoms with Crippen molar-refractivity contribution in [3.63, 3.8) is 0 Å². The molecule has 3 heterocycles. The van der Waals surface area contributed by atoms with Crippen molar-refractivity contribution >= 4 is 11.7 Å². The lowest BCUT2D eigenvalue weighted by Gasteiger charge is -2.31. The number of carbonyl (C=O) groups is 1. The van der Waals surface area contributed by atoms with Crippen molar-refractivity contribution in [2.45, 2.75) is 18.9 Å². The Labute approximate surface area is 145 Å². The van der Waals surface area contributed by atoms with E-state index < -0.39 is 0 Å². The van der Waals surface area contributed by atoms with Gasteiger partial charge in [-0.2, -0.15) is 10.2 Å². The number of amides is 2. The van der Waals surface area contributed by atoms with E-state index >= 15 is 0 Å². The van der Waals surface area contributed by atoms with E-state index in [-0.39, 0.29) is 6.03 Å². The summed E-state index contributed by atoms with van der Waals surface area (Å²) in [7, 11) is 0. The van der Waals surface area contributed by atoms with Crippen LogP contribution in [0.25, 0.3) is 5.69 Å². The largest absolute Gasteiger partial charge is 0.324 e. The molecule has 1 aliphatic rings. The van der Waals surface area contributed by atoms with Gasteiger partial charge in [0.1, 0.15) is 12.7 Å². The molecule has 128 valence electrons. The fourth-order valence-electron chi connectivity index (χ4n) is 3.05. The standard InChI is InChI=1S/C17H19N7O/c25-17(22-8-6-16(7-9-22)24-13-18-12-20-24)21-14-10-19-23(11-14)15-4-2-1-3-5-15/h1-5,10-13,16H,6-9H2,(H,21,25). The average molecular weight is 337 g/mol. The van der Waals surface area contributed by atoms with Crippen LogP contribution in [0.3, 0.4) is 0 Å². The molecule has 8 nitrogen and oxygen atoms in total. The summed E-state index contributed by atoms with van der Waals surface area (Å²) in [5.41, 5.74) is 1.64. The number of aromatic nitrogens is 5. The predicted molar refractivity (Wildman–Crippen MR) is 92.4 cm³/mol. The fourth-order valence-corrected chi connectivity index (χ4v) is 3.05. The van der Waals surface area contributed by atoms with Crippen LogP contribution in [0.15, 0.2) is 55.4 Å². The normalized spacial score (nSPS) is 15.3. The smallest absolute Gasteiger partial charge is 0.321 e. The van der Waals surface area contributed by atoms with E-state index in [0.29, 0.717) is 24.8 Å². The Morgan fingerprint density at radius 3 is 2.64 bits per heavy atom. The van der Waals surface area contributed by atoms with E-state index in [4.69, 9.17) is 0 Å². The second kappa shape index (κ2) is 6.76. The van der Waals surface area contributed by atoms with Crippen LogP contribution in [0.1, 0.15) is 18.9 Å². The van der Waals surface area contributed by atoms with Crippen molar-refractivity contribution in [1.29, 1.82) is 0 Å². The highest BCUT2D eigenvalue weighted by Crippen LogP contribution is 2.22. The van der Waals surface area contributed by atoms with Gasteiger partial charge in [0, 0.05) is 13.1 Å². The maximum absolute atomic E-state index is 12.4. The van der Waals surface area contributed by atoms with Crippen molar-refractivity contribution in [1.82, 2.24) is 29.4 Å². The molecular weight excluding hydrogens is 318 g/mol. The van der Waals surface area contributed by atoms with Gasteiger partial charge in [-0.1, -0.05) is 18.2 Å². The Morgan fingerprint density at radius 2 is 1.92 bits per heavy atom. The van der Waals surface area contributed by atoms with Gasteiger partial charge >= 0.3 is 6.03 Å². The third-order valence-corrected chi connectivity index (χ3v) is 4.42. The van der Waals surface area contributed by atoms with Crippen LogP contribution in [-0.2, 0) is 0 Å². The van der Waals surface area contributed by atoms with E-state index in [9.17, 15) is 4.79 Å². The third kappa shape index (κ3) is 3.37. The number of anilines is 1. The molecule has 1 N–H and O–H groups in total. The number of hydrogen-bond donors (Lipinski definition) is 1. The zero-order valence-electron chi connectivity index (χ0n) is 13.7. The first kappa shape index (κ1) is 15.4. The van der Waals surface area contributed by atoms with Gasteiger partial charge in [0.15, 0.2) is 0 Å². The molecule has 0 saturated carbocycles. The molecule has 0 atom stereocenters.